The summed E-state index contributed by atoms with van der Waals surface area (Å²) in [7, 11) is 0. The molecule has 0 aliphatic heterocycles. The van der Waals surface area contributed by atoms with E-state index in [4.69, 9.17) is 10.1 Å². The number of carboxylic acid groups (broad SMARTS) is 1. The van der Waals surface area contributed by atoms with E-state index in [2.05, 4.69) is 18.8 Å². The summed E-state index contributed by atoms with van der Waals surface area (Å²) < 4.78 is 0. The molecule has 2 rings (SSSR count). The molecule has 1 heterocycles. The Hall–Kier alpha value is -2.23. The van der Waals surface area contributed by atoms with Crippen LogP contribution in [0.2, 0.25) is 0 Å². The lowest BCUT2D eigenvalue weighted by molar-refractivity contribution is 0.0697. The summed E-state index contributed by atoms with van der Waals surface area (Å²) in [6.07, 6.45) is 13.1. The molecule has 27 heavy (non-hydrogen) atoms. The molecule has 0 bridgehead atoms. The Morgan fingerprint density at radius 2 is 1.59 bits per heavy atom. The van der Waals surface area contributed by atoms with Crippen molar-refractivity contribution in [1.29, 1.82) is 0 Å². The van der Waals surface area contributed by atoms with Crippen LogP contribution >= 0.6 is 0 Å². The lowest BCUT2D eigenvalue weighted by atomic mass is 9.92. The number of aromatic carboxylic acids is 1. The van der Waals surface area contributed by atoms with Gasteiger partial charge in [-0.1, -0.05) is 70.9 Å². The van der Waals surface area contributed by atoms with Gasteiger partial charge >= 0.3 is 5.97 Å². The van der Waals surface area contributed by atoms with Gasteiger partial charge in [-0.15, -0.1) is 0 Å². The SMILES string of the molecule is CCCCCCCC(CCCC)c1ccnc(-c2ccc(C(=O)O)cc2)n1. The lowest BCUT2D eigenvalue weighted by Crippen LogP contribution is -2.04. The second-order valence-corrected chi connectivity index (χ2v) is 7.23. The van der Waals surface area contributed by atoms with Crippen molar-refractivity contribution >= 4 is 5.97 Å². The highest BCUT2D eigenvalue weighted by Gasteiger charge is 2.14. The molecular formula is C23H32N2O2. The number of unbranched alkanes of at least 4 members (excludes halogenated alkanes) is 5. The lowest BCUT2D eigenvalue weighted by Gasteiger charge is -2.17. The molecule has 1 N–H and O–H groups in total. The van der Waals surface area contributed by atoms with Gasteiger partial charge in [0.25, 0.3) is 0 Å². The first-order valence-electron chi connectivity index (χ1n) is 10.3. The van der Waals surface area contributed by atoms with E-state index in [0.717, 1.165) is 11.3 Å². The zero-order chi connectivity index (χ0) is 19.5. The Morgan fingerprint density at radius 1 is 0.926 bits per heavy atom. The zero-order valence-corrected chi connectivity index (χ0v) is 16.7. The summed E-state index contributed by atoms with van der Waals surface area (Å²) in [6, 6.07) is 8.83. The van der Waals surface area contributed by atoms with Crippen LogP contribution in [-0.4, -0.2) is 21.0 Å². The standard InChI is InChI=1S/C23H32N2O2/c1-3-5-7-8-9-11-18(10-6-4-2)21-16-17-24-22(25-21)19-12-14-20(15-13-19)23(26)27/h12-18H,3-11H2,1-2H3,(H,26,27). The molecule has 2 aromatic rings. The van der Waals surface area contributed by atoms with Gasteiger partial charge < -0.3 is 5.11 Å². The fraction of sp³-hybridized carbons (Fsp3) is 0.522. The van der Waals surface area contributed by atoms with E-state index in [1.807, 2.05) is 12.3 Å². The van der Waals surface area contributed by atoms with Crippen LogP contribution in [0.5, 0.6) is 0 Å². The molecule has 0 saturated heterocycles. The van der Waals surface area contributed by atoms with Gasteiger partial charge in [0.15, 0.2) is 5.82 Å². The third-order valence-corrected chi connectivity index (χ3v) is 5.05. The smallest absolute Gasteiger partial charge is 0.335 e. The molecule has 1 atom stereocenters. The Morgan fingerprint density at radius 3 is 2.26 bits per heavy atom. The second-order valence-electron chi connectivity index (χ2n) is 7.23. The Kier molecular flexibility index (Phi) is 8.96. The van der Waals surface area contributed by atoms with E-state index in [1.54, 1.807) is 24.3 Å². The van der Waals surface area contributed by atoms with Crippen LogP contribution in [0.15, 0.2) is 36.5 Å². The number of carboxylic acids is 1. The quantitative estimate of drug-likeness (QED) is 0.436. The van der Waals surface area contributed by atoms with Gasteiger partial charge in [-0.05, 0) is 31.0 Å². The van der Waals surface area contributed by atoms with Crippen LogP contribution in [0.4, 0.5) is 0 Å². The molecule has 1 aromatic heterocycles. The number of nitrogens with zero attached hydrogens (tertiary/aromatic N) is 2. The summed E-state index contributed by atoms with van der Waals surface area (Å²) in [5, 5.41) is 9.05. The first kappa shape index (κ1) is 21.1. The van der Waals surface area contributed by atoms with E-state index in [-0.39, 0.29) is 5.56 Å². The van der Waals surface area contributed by atoms with Gasteiger partial charge in [-0.3, -0.25) is 0 Å². The number of carbonyl (C=O) groups is 1. The van der Waals surface area contributed by atoms with Crippen molar-refractivity contribution in [3.05, 3.63) is 47.8 Å². The van der Waals surface area contributed by atoms with Gasteiger partial charge in [0, 0.05) is 23.4 Å². The van der Waals surface area contributed by atoms with Gasteiger partial charge in [-0.25, -0.2) is 14.8 Å². The van der Waals surface area contributed by atoms with Crippen molar-refractivity contribution in [2.24, 2.45) is 0 Å². The van der Waals surface area contributed by atoms with Gasteiger partial charge in [0.2, 0.25) is 0 Å². The van der Waals surface area contributed by atoms with E-state index in [9.17, 15) is 4.79 Å². The van der Waals surface area contributed by atoms with Crippen molar-refractivity contribution in [3.8, 4) is 11.4 Å². The van der Waals surface area contributed by atoms with Crippen molar-refractivity contribution in [1.82, 2.24) is 9.97 Å². The monoisotopic (exact) mass is 368 g/mol. The first-order valence-corrected chi connectivity index (χ1v) is 10.3. The maximum atomic E-state index is 11.0. The largest absolute Gasteiger partial charge is 0.478 e. The summed E-state index contributed by atoms with van der Waals surface area (Å²) in [4.78, 5) is 20.3. The molecule has 0 saturated carbocycles. The summed E-state index contributed by atoms with van der Waals surface area (Å²) in [6.45, 7) is 4.48. The van der Waals surface area contributed by atoms with Crippen LogP contribution in [-0.2, 0) is 0 Å². The molecule has 146 valence electrons. The van der Waals surface area contributed by atoms with E-state index >= 15 is 0 Å². The molecule has 0 radical (unpaired) electrons. The molecule has 1 unspecified atom stereocenters. The molecule has 0 spiro atoms. The fourth-order valence-electron chi connectivity index (χ4n) is 3.39. The van der Waals surface area contributed by atoms with Crippen molar-refractivity contribution in [3.63, 3.8) is 0 Å². The van der Waals surface area contributed by atoms with Crippen LogP contribution in [0.25, 0.3) is 11.4 Å². The average molecular weight is 369 g/mol. The topological polar surface area (TPSA) is 63.1 Å². The van der Waals surface area contributed by atoms with E-state index in [0.29, 0.717) is 11.7 Å². The predicted octanol–water partition coefficient (Wildman–Crippen LogP) is 6.48. The fourth-order valence-corrected chi connectivity index (χ4v) is 3.39. The highest BCUT2D eigenvalue weighted by atomic mass is 16.4. The molecule has 0 amide bonds. The summed E-state index contributed by atoms with van der Waals surface area (Å²) in [5.41, 5.74) is 2.26. The maximum Gasteiger partial charge on any atom is 0.335 e. The third-order valence-electron chi connectivity index (χ3n) is 5.05. The number of aromatic nitrogens is 2. The van der Waals surface area contributed by atoms with Crippen LogP contribution in [0, 0.1) is 0 Å². The number of rotatable bonds is 12. The Labute approximate surface area is 163 Å². The van der Waals surface area contributed by atoms with Crippen LogP contribution < -0.4 is 0 Å². The molecular weight excluding hydrogens is 336 g/mol. The number of benzene rings is 1. The summed E-state index contributed by atoms with van der Waals surface area (Å²) in [5.74, 6) is 0.238. The van der Waals surface area contributed by atoms with Gasteiger partial charge in [0.1, 0.15) is 0 Å². The molecule has 4 nitrogen and oxygen atoms in total. The normalized spacial score (nSPS) is 12.1. The summed E-state index contributed by atoms with van der Waals surface area (Å²) >= 11 is 0. The van der Waals surface area contributed by atoms with Crippen molar-refractivity contribution in [2.45, 2.75) is 77.6 Å². The van der Waals surface area contributed by atoms with Gasteiger partial charge in [-0.2, -0.15) is 0 Å². The van der Waals surface area contributed by atoms with E-state index < -0.39 is 5.97 Å². The molecule has 0 fully saturated rings. The highest BCUT2D eigenvalue weighted by molar-refractivity contribution is 5.88. The Bertz CT molecular complexity index is 698. The molecule has 0 aliphatic carbocycles. The number of hydrogen-bond donors (Lipinski definition) is 1. The maximum absolute atomic E-state index is 11.0. The first-order chi connectivity index (χ1) is 13.2. The second kappa shape index (κ2) is 11.5. The highest BCUT2D eigenvalue weighted by Crippen LogP contribution is 2.28. The molecule has 0 aliphatic rings. The minimum absolute atomic E-state index is 0.280. The average Bonchev–Trinajstić information content (AvgIpc) is 2.70. The third kappa shape index (κ3) is 6.78. The zero-order valence-electron chi connectivity index (χ0n) is 16.7. The van der Waals surface area contributed by atoms with Crippen LogP contribution in [0.1, 0.15) is 93.6 Å². The van der Waals surface area contributed by atoms with Crippen LogP contribution in [0.3, 0.4) is 0 Å². The van der Waals surface area contributed by atoms with Crippen molar-refractivity contribution < 1.29 is 9.90 Å². The Balaban J connectivity index is 2.11. The molecule has 4 heteroatoms. The van der Waals surface area contributed by atoms with Crippen molar-refractivity contribution in [2.75, 3.05) is 0 Å². The van der Waals surface area contributed by atoms with E-state index in [1.165, 1.54) is 57.8 Å². The minimum atomic E-state index is -0.918. The minimum Gasteiger partial charge on any atom is -0.478 e. The van der Waals surface area contributed by atoms with Gasteiger partial charge in [0.05, 0.1) is 5.56 Å². The predicted molar refractivity (Wildman–Crippen MR) is 110 cm³/mol. The molecule has 1 aromatic carbocycles. The number of hydrogen-bond acceptors (Lipinski definition) is 3.